The van der Waals surface area contributed by atoms with Crippen LogP contribution in [0.15, 0.2) is 47.8 Å². The molecule has 0 saturated heterocycles. The number of carbonyl (C=O) groups is 1. The third-order valence-corrected chi connectivity index (χ3v) is 3.11. The maximum absolute atomic E-state index is 11.8. The van der Waals surface area contributed by atoms with E-state index in [4.69, 9.17) is 17.3 Å². The van der Waals surface area contributed by atoms with Gasteiger partial charge >= 0.3 is 0 Å². The molecule has 0 radical (unpaired) electrons. The molecule has 0 spiro atoms. The van der Waals surface area contributed by atoms with Crippen LogP contribution in [-0.4, -0.2) is 12.5 Å². The van der Waals surface area contributed by atoms with Crippen LogP contribution in [0.25, 0.3) is 0 Å². The maximum atomic E-state index is 11.8. The van der Waals surface area contributed by atoms with Gasteiger partial charge in [-0.1, -0.05) is 35.9 Å². The number of nitrogens with one attached hydrogen (secondary N) is 2. The molecule has 4 nitrogen and oxygen atoms in total. The van der Waals surface area contributed by atoms with Crippen LogP contribution in [0.4, 0.5) is 5.69 Å². The van der Waals surface area contributed by atoms with Gasteiger partial charge in [0.25, 0.3) is 0 Å². The Morgan fingerprint density at radius 1 is 1.26 bits per heavy atom. The number of hydrogen-bond acceptors (Lipinski definition) is 3. The van der Waals surface area contributed by atoms with E-state index < -0.39 is 0 Å². The molecule has 100 valence electrons. The number of carbonyl (C=O) groups excluding carboxylic acids is 1. The number of hydrogen-bond donors (Lipinski definition) is 3. The Hall–Kier alpha value is -1.94. The van der Waals surface area contributed by atoms with E-state index in [0.717, 1.165) is 18.5 Å². The van der Waals surface area contributed by atoms with Gasteiger partial charge in [-0.05, 0) is 25.0 Å². The van der Waals surface area contributed by atoms with Gasteiger partial charge in [-0.25, -0.2) is 0 Å². The molecule has 2 rings (SSSR count). The fourth-order valence-electron chi connectivity index (χ4n) is 1.80. The number of anilines is 1. The Morgan fingerprint density at radius 2 is 2.00 bits per heavy atom. The van der Waals surface area contributed by atoms with Crippen LogP contribution in [0.3, 0.4) is 0 Å². The fraction of sp³-hybridized carbons (Fsp3) is 0.214. The highest BCUT2D eigenvalue weighted by atomic mass is 35.5. The number of halogens is 1. The highest BCUT2D eigenvalue weighted by Gasteiger charge is 2.08. The Labute approximate surface area is 117 Å². The van der Waals surface area contributed by atoms with E-state index in [1.165, 1.54) is 0 Å². The quantitative estimate of drug-likeness (QED) is 0.792. The molecule has 1 aliphatic carbocycles. The molecular formula is C14H16ClN3O. The van der Waals surface area contributed by atoms with E-state index in [-0.39, 0.29) is 12.5 Å². The van der Waals surface area contributed by atoms with Crippen molar-refractivity contribution in [2.75, 3.05) is 11.9 Å². The normalized spacial score (nSPS) is 14.4. The minimum atomic E-state index is -0.160. The van der Waals surface area contributed by atoms with Crippen molar-refractivity contribution < 1.29 is 4.79 Å². The van der Waals surface area contributed by atoms with Crippen molar-refractivity contribution >= 4 is 23.2 Å². The molecule has 1 amide bonds. The number of rotatable bonds is 4. The Bertz CT molecular complexity index is 537. The van der Waals surface area contributed by atoms with Crippen molar-refractivity contribution in [2.45, 2.75) is 12.8 Å². The van der Waals surface area contributed by atoms with Crippen LogP contribution in [0, 0.1) is 0 Å². The molecule has 0 saturated carbocycles. The van der Waals surface area contributed by atoms with E-state index in [2.05, 4.69) is 10.6 Å². The SMILES string of the molecule is NC1=CCCC=C1NCC(=O)Nc1ccccc1Cl. The van der Waals surface area contributed by atoms with Crippen LogP contribution in [0.5, 0.6) is 0 Å². The summed E-state index contributed by atoms with van der Waals surface area (Å²) in [5.41, 5.74) is 7.94. The van der Waals surface area contributed by atoms with Crippen molar-refractivity contribution in [3.05, 3.63) is 52.8 Å². The Morgan fingerprint density at radius 3 is 2.74 bits per heavy atom. The summed E-state index contributed by atoms with van der Waals surface area (Å²) in [7, 11) is 0. The molecule has 1 aromatic carbocycles. The molecule has 0 unspecified atom stereocenters. The van der Waals surface area contributed by atoms with Crippen LogP contribution < -0.4 is 16.4 Å². The zero-order chi connectivity index (χ0) is 13.7. The Kier molecular flexibility index (Phi) is 4.47. The summed E-state index contributed by atoms with van der Waals surface area (Å²) in [6.07, 6.45) is 5.84. The second-order valence-corrected chi connectivity index (χ2v) is 4.64. The minimum absolute atomic E-state index is 0.158. The van der Waals surface area contributed by atoms with Gasteiger partial charge in [0.1, 0.15) is 0 Å². The van der Waals surface area contributed by atoms with E-state index >= 15 is 0 Å². The third-order valence-electron chi connectivity index (χ3n) is 2.78. The van der Waals surface area contributed by atoms with Gasteiger partial charge in [-0.2, -0.15) is 0 Å². The summed E-state index contributed by atoms with van der Waals surface area (Å²) in [5.74, 6) is -0.160. The molecule has 0 heterocycles. The molecular weight excluding hydrogens is 262 g/mol. The zero-order valence-corrected chi connectivity index (χ0v) is 11.2. The fourth-order valence-corrected chi connectivity index (χ4v) is 1.98. The van der Waals surface area contributed by atoms with Crippen molar-refractivity contribution in [3.8, 4) is 0 Å². The first-order valence-electron chi connectivity index (χ1n) is 6.11. The lowest BCUT2D eigenvalue weighted by Gasteiger charge is -2.15. The molecule has 0 fully saturated rings. The number of allylic oxidation sites excluding steroid dienone is 2. The van der Waals surface area contributed by atoms with Crippen molar-refractivity contribution in [1.29, 1.82) is 0 Å². The first-order valence-corrected chi connectivity index (χ1v) is 6.49. The van der Waals surface area contributed by atoms with E-state index in [9.17, 15) is 4.79 Å². The lowest BCUT2D eigenvalue weighted by atomic mass is 10.1. The molecule has 0 bridgehead atoms. The highest BCUT2D eigenvalue weighted by Crippen LogP contribution is 2.20. The average molecular weight is 278 g/mol. The first-order chi connectivity index (χ1) is 9.16. The van der Waals surface area contributed by atoms with E-state index in [1.54, 1.807) is 12.1 Å². The summed E-state index contributed by atoms with van der Waals surface area (Å²) in [6, 6.07) is 7.12. The summed E-state index contributed by atoms with van der Waals surface area (Å²) in [4.78, 5) is 11.8. The summed E-state index contributed by atoms with van der Waals surface area (Å²) >= 11 is 5.96. The van der Waals surface area contributed by atoms with Crippen molar-refractivity contribution in [3.63, 3.8) is 0 Å². The second kappa shape index (κ2) is 6.29. The lowest BCUT2D eigenvalue weighted by Crippen LogP contribution is -2.30. The smallest absolute Gasteiger partial charge is 0.243 e. The second-order valence-electron chi connectivity index (χ2n) is 4.24. The van der Waals surface area contributed by atoms with E-state index in [1.807, 2.05) is 24.3 Å². The van der Waals surface area contributed by atoms with E-state index in [0.29, 0.717) is 16.4 Å². The largest absolute Gasteiger partial charge is 0.397 e. The zero-order valence-electron chi connectivity index (χ0n) is 10.4. The monoisotopic (exact) mass is 277 g/mol. The predicted octanol–water partition coefficient (Wildman–Crippen LogP) is 2.39. The first kappa shape index (κ1) is 13.5. The van der Waals surface area contributed by atoms with Gasteiger partial charge < -0.3 is 16.4 Å². The number of nitrogens with two attached hydrogens (primary N) is 1. The number of amides is 1. The molecule has 4 N–H and O–H groups in total. The van der Waals surface area contributed by atoms with Crippen molar-refractivity contribution in [1.82, 2.24) is 5.32 Å². The van der Waals surface area contributed by atoms with Crippen LogP contribution in [-0.2, 0) is 4.79 Å². The van der Waals surface area contributed by atoms with Gasteiger partial charge in [-0.3, -0.25) is 4.79 Å². The molecule has 1 aliphatic rings. The molecule has 5 heteroatoms. The predicted molar refractivity (Wildman–Crippen MR) is 77.7 cm³/mol. The summed E-state index contributed by atoms with van der Waals surface area (Å²) in [6.45, 7) is 0.158. The standard InChI is InChI=1S/C14H16ClN3O/c15-10-5-1-3-7-12(10)18-14(19)9-17-13-8-4-2-6-11(13)16/h1,3,5-8,17H,2,4,9,16H2,(H,18,19). The van der Waals surface area contributed by atoms with Gasteiger partial charge in [-0.15, -0.1) is 0 Å². The Balaban J connectivity index is 1.87. The topological polar surface area (TPSA) is 67.1 Å². The number of para-hydroxylation sites is 1. The maximum Gasteiger partial charge on any atom is 0.243 e. The number of benzene rings is 1. The summed E-state index contributed by atoms with van der Waals surface area (Å²) < 4.78 is 0. The van der Waals surface area contributed by atoms with Gasteiger partial charge in [0, 0.05) is 0 Å². The lowest BCUT2D eigenvalue weighted by molar-refractivity contribution is -0.115. The molecule has 19 heavy (non-hydrogen) atoms. The minimum Gasteiger partial charge on any atom is -0.397 e. The molecule has 1 aromatic rings. The van der Waals surface area contributed by atoms with Crippen LogP contribution in [0.2, 0.25) is 5.02 Å². The van der Waals surface area contributed by atoms with Gasteiger partial charge in [0.15, 0.2) is 0 Å². The molecule has 0 atom stereocenters. The third kappa shape index (κ3) is 3.76. The summed E-state index contributed by atoms with van der Waals surface area (Å²) in [5, 5.41) is 6.29. The van der Waals surface area contributed by atoms with Crippen LogP contribution >= 0.6 is 11.6 Å². The highest BCUT2D eigenvalue weighted by molar-refractivity contribution is 6.33. The van der Waals surface area contributed by atoms with Gasteiger partial charge in [0.2, 0.25) is 5.91 Å². The van der Waals surface area contributed by atoms with Crippen LogP contribution in [0.1, 0.15) is 12.8 Å². The average Bonchev–Trinajstić information content (AvgIpc) is 2.40. The molecule has 0 aliphatic heterocycles. The van der Waals surface area contributed by atoms with Gasteiger partial charge in [0.05, 0.1) is 28.6 Å². The molecule has 0 aromatic heterocycles. The van der Waals surface area contributed by atoms with Crippen molar-refractivity contribution in [2.24, 2.45) is 5.73 Å².